The largest absolute Gasteiger partial charge is 0.507 e. The van der Waals surface area contributed by atoms with Crippen molar-refractivity contribution in [2.45, 2.75) is 19.5 Å². The maximum atomic E-state index is 13.1. The van der Waals surface area contributed by atoms with Gasteiger partial charge < -0.3 is 14.7 Å². The lowest BCUT2D eigenvalue weighted by Crippen LogP contribution is -2.29. The van der Waals surface area contributed by atoms with E-state index in [1.54, 1.807) is 74.1 Å². The molecule has 3 aromatic rings. The van der Waals surface area contributed by atoms with Crippen LogP contribution in [0, 0.1) is 6.92 Å². The SMILES string of the molecule is COc1ccc(/C(O)=C2/C(=O)C(=O)N(Cc3ccncc3)C2c2ccc(Cl)cc2)cc1C. The Kier molecular flexibility index (Phi) is 5.97. The monoisotopic (exact) mass is 448 g/mol. The lowest BCUT2D eigenvalue weighted by atomic mass is 9.94. The van der Waals surface area contributed by atoms with Crippen molar-refractivity contribution >= 4 is 29.1 Å². The number of rotatable bonds is 5. The molecule has 0 aliphatic carbocycles. The summed E-state index contributed by atoms with van der Waals surface area (Å²) in [4.78, 5) is 31.6. The lowest BCUT2D eigenvalue weighted by Gasteiger charge is -2.25. The number of benzene rings is 2. The van der Waals surface area contributed by atoms with Gasteiger partial charge in [0.1, 0.15) is 11.5 Å². The number of hydrogen-bond donors (Lipinski definition) is 1. The van der Waals surface area contributed by atoms with Crippen LogP contribution in [0.2, 0.25) is 5.02 Å². The van der Waals surface area contributed by atoms with Crippen LogP contribution < -0.4 is 4.74 Å². The highest BCUT2D eigenvalue weighted by atomic mass is 35.5. The number of halogens is 1. The average molecular weight is 449 g/mol. The number of ether oxygens (including phenoxy) is 1. The fraction of sp³-hybridized carbons (Fsp3) is 0.160. The van der Waals surface area contributed by atoms with E-state index in [0.717, 1.165) is 11.1 Å². The van der Waals surface area contributed by atoms with E-state index in [1.807, 2.05) is 6.92 Å². The molecule has 1 N–H and O–H groups in total. The zero-order chi connectivity index (χ0) is 22.8. The average Bonchev–Trinajstić information content (AvgIpc) is 3.04. The zero-order valence-corrected chi connectivity index (χ0v) is 18.3. The number of aryl methyl sites for hydroxylation is 1. The molecule has 1 amide bonds. The van der Waals surface area contributed by atoms with Gasteiger partial charge in [-0.05, 0) is 66.1 Å². The molecule has 6 nitrogen and oxygen atoms in total. The maximum Gasteiger partial charge on any atom is 0.295 e. The number of ketones is 1. The summed E-state index contributed by atoms with van der Waals surface area (Å²) in [5.74, 6) is -0.973. The molecular weight excluding hydrogens is 428 g/mol. The molecule has 1 fully saturated rings. The number of pyridine rings is 1. The Labute approximate surface area is 190 Å². The number of amides is 1. The van der Waals surface area contributed by atoms with Crippen molar-refractivity contribution in [3.8, 4) is 5.75 Å². The van der Waals surface area contributed by atoms with Crippen LogP contribution in [-0.2, 0) is 16.1 Å². The van der Waals surface area contributed by atoms with Crippen molar-refractivity contribution in [1.82, 2.24) is 9.88 Å². The number of likely N-dealkylation sites (tertiary alicyclic amines) is 1. The highest BCUT2D eigenvalue weighted by molar-refractivity contribution is 6.46. The number of hydrogen-bond acceptors (Lipinski definition) is 5. The van der Waals surface area contributed by atoms with Gasteiger partial charge in [-0.1, -0.05) is 23.7 Å². The smallest absolute Gasteiger partial charge is 0.295 e. The van der Waals surface area contributed by atoms with Gasteiger partial charge >= 0.3 is 0 Å². The summed E-state index contributed by atoms with van der Waals surface area (Å²) in [6.07, 6.45) is 3.26. The second-order valence-electron chi connectivity index (χ2n) is 7.52. The maximum absolute atomic E-state index is 13.1. The quantitative estimate of drug-likeness (QED) is 0.348. The number of aliphatic hydroxyl groups is 1. The van der Waals surface area contributed by atoms with E-state index in [1.165, 1.54) is 4.90 Å². The summed E-state index contributed by atoms with van der Waals surface area (Å²) in [6.45, 7) is 2.03. The number of aliphatic hydroxyl groups excluding tert-OH is 1. The minimum atomic E-state index is -0.761. The first-order valence-corrected chi connectivity index (χ1v) is 10.4. The van der Waals surface area contributed by atoms with Crippen LogP contribution in [0.5, 0.6) is 5.75 Å². The van der Waals surface area contributed by atoms with Gasteiger partial charge in [-0.3, -0.25) is 14.6 Å². The van der Waals surface area contributed by atoms with Crippen LogP contribution in [-0.4, -0.2) is 33.8 Å². The molecule has 2 heterocycles. The van der Waals surface area contributed by atoms with Crippen LogP contribution in [0.25, 0.3) is 5.76 Å². The molecule has 7 heteroatoms. The molecule has 1 aliphatic heterocycles. The second kappa shape index (κ2) is 8.85. The standard InChI is InChI=1S/C25H21ClN2O4/c1-15-13-18(5-8-20(15)32-2)23(29)21-22(17-3-6-19(26)7-4-17)28(25(31)24(21)30)14-16-9-11-27-12-10-16/h3-13,22,29H,14H2,1-2H3/b23-21-. The summed E-state index contributed by atoms with van der Waals surface area (Å²) in [5, 5.41) is 11.7. The van der Waals surface area contributed by atoms with Gasteiger partial charge in [0, 0.05) is 29.5 Å². The molecule has 1 unspecified atom stereocenters. The van der Waals surface area contributed by atoms with Gasteiger partial charge in [-0.2, -0.15) is 0 Å². The Hall–Kier alpha value is -3.64. The molecular formula is C25H21ClN2O4. The van der Waals surface area contributed by atoms with Gasteiger partial charge in [-0.15, -0.1) is 0 Å². The van der Waals surface area contributed by atoms with E-state index < -0.39 is 17.7 Å². The fourth-order valence-corrected chi connectivity index (χ4v) is 4.03. The Morgan fingerprint density at radius 1 is 1.09 bits per heavy atom. The van der Waals surface area contributed by atoms with E-state index >= 15 is 0 Å². The Morgan fingerprint density at radius 2 is 1.78 bits per heavy atom. The van der Waals surface area contributed by atoms with Crippen LogP contribution in [0.4, 0.5) is 0 Å². The topological polar surface area (TPSA) is 79.7 Å². The summed E-state index contributed by atoms with van der Waals surface area (Å²) in [5.41, 5.74) is 2.77. The molecule has 2 aromatic carbocycles. The number of nitrogens with zero attached hydrogens (tertiary/aromatic N) is 2. The fourth-order valence-electron chi connectivity index (χ4n) is 3.90. The van der Waals surface area contributed by atoms with Crippen LogP contribution in [0.3, 0.4) is 0 Å². The third kappa shape index (κ3) is 3.97. The summed E-state index contributed by atoms with van der Waals surface area (Å²) < 4.78 is 5.28. The number of Topliss-reactive ketones (excluding diaryl/α,β-unsaturated/α-hetero) is 1. The first-order valence-electron chi connectivity index (χ1n) is 9.98. The van der Waals surface area contributed by atoms with Crippen molar-refractivity contribution in [1.29, 1.82) is 0 Å². The molecule has 1 aromatic heterocycles. The predicted octanol–water partition coefficient (Wildman–Crippen LogP) is 4.67. The first-order chi connectivity index (χ1) is 15.4. The van der Waals surface area contributed by atoms with Crippen LogP contribution in [0.15, 0.2) is 72.6 Å². The molecule has 162 valence electrons. The third-order valence-electron chi connectivity index (χ3n) is 5.50. The molecule has 1 saturated heterocycles. The molecule has 0 radical (unpaired) electrons. The third-order valence-corrected chi connectivity index (χ3v) is 5.75. The Bertz CT molecular complexity index is 1210. The van der Waals surface area contributed by atoms with Crippen molar-refractivity contribution in [2.24, 2.45) is 0 Å². The molecule has 0 spiro atoms. The van der Waals surface area contributed by atoms with Crippen molar-refractivity contribution in [3.05, 3.63) is 99.8 Å². The highest BCUT2D eigenvalue weighted by Gasteiger charge is 2.46. The van der Waals surface area contributed by atoms with Crippen molar-refractivity contribution in [2.75, 3.05) is 7.11 Å². The van der Waals surface area contributed by atoms with Gasteiger partial charge in [0.2, 0.25) is 0 Å². The van der Waals surface area contributed by atoms with Crippen LogP contribution >= 0.6 is 11.6 Å². The number of aromatic nitrogens is 1. The highest BCUT2D eigenvalue weighted by Crippen LogP contribution is 2.40. The van der Waals surface area contributed by atoms with E-state index in [2.05, 4.69) is 4.98 Å². The molecule has 4 rings (SSSR count). The lowest BCUT2D eigenvalue weighted by molar-refractivity contribution is -0.140. The first kappa shape index (κ1) is 21.6. The van der Waals surface area contributed by atoms with E-state index in [9.17, 15) is 14.7 Å². The zero-order valence-electron chi connectivity index (χ0n) is 17.6. The molecule has 32 heavy (non-hydrogen) atoms. The Morgan fingerprint density at radius 3 is 2.41 bits per heavy atom. The van der Waals surface area contributed by atoms with Gasteiger partial charge in [0.25, 0.3) is 11.7 Å². The summed E-state index contributed by atoms with van der Waals surface area (Å²) in [6, 6.07) is 14.8. The summed E-state index contributed by atoms with van der Waals surface area (Å²) in [7, 11) is 1.56. The number of carbonyl (C=O) groups excluding carboxylic acids is 2. The van der Waals surface area contributed by atoms with E-state index in [0.29, 0.717) is 21.9 Å². The Balaban J connectivity index is 1.86. The van der Waals surface area contributed by atoms with Crippen molar-refractivity contribution in [3.63, 3.8) is 0 Å². The number of carbonyl (C=O) groups is 2. The molecule has 1 atom stereocenters. The van der Waals surface area contributed by atoms with Gasteiger partial charge in [0.15, 0.2) is 0 Å². The minimum absolute atomic E-state index is 0.0379. The molecule has 0 bridgehead atoms. The number of methoxy groups -OCH3 is 1. The predicted molar refractivity (Wildman–Crippen MR) is 121 cm³/mol. The van der Waals surface area contributed by atoms with Crippen LogP contribution in [0.1, 0.15) is 28.3 Å². The van der Waals surface area contributed by atoms with Gasteiger partial charge in [-0.25, -0.2) is 0 Å². The molecule has 0 saturated carbocycles. The van der Waals surface area contributed by atoms with E-state index in [-0.39, 0.29) is 17.9 Å². The minimum Gasteiger partial charge on any atom is -0.507 e. The summed E-state index contributed by atoms with van der Waals surface area (Å²) >= 11 is 6.05. The van der Waals surface area contributed by atoms with E-state index in [4.69, 9.17) is 16.3 Å². The molecule has 1 aliphatic rings. The van der Waals surface area contributed by atoms with Gasteiger partial charge in [0.05, 0.1) is 18.7 Å². The van der Waals surface area contributed by atoms with Crippen molar-refractivity contribution < 1.29 is 19.4 Å². The second-order valence-corrected chi connectivity index (χ2v) is 7.95. The normalized spacial score (nSPS) is 17.6.